The van der Waals surface area contributed by atoms with Crippen LogP contribution < -0.4 is 10.4 Å². The molecule has 3 rings (SSSR count). The summed E-state index contributed by atoms with van der Waals surface area (Å²) < 4.78 is 8.70. The lowest BCUT2D eigenvalue weighted by Gasteiger charge is -2.08. The zero-order valence-corrected chi connectivity index (χ0v) is 13.5. The number of nitrogens with zero attached hydrogens (tertiary/aromatic N) is 5. The number of aromatic nitrogens is 6. The second-order valence-electron chi connectivity index (χ2n) is 4.69. The average molecular weight is 365 g/mol. The number of nitrogens with one attached hydrogen (secondary N) is 1. The highest BCUT2D eigenvalue weighted by molar-refractivity contribution is 9.10. The van der Waals surface area contributed by atoms with Gasteiger partial charge in [0.2, 0.25) is 0 Å². The lowest BCUT2D eigenvalue weighted by Crippen LogP contribution is -2.23. The Kier molecular flexibility index (Phi) is 3.80. The SMILES string of the molecule is Cc1ccccc1OCc1c(-n2nnn(C)c2=O)n[nH]c1Br. The zero-order chi connectivity index (χ0) is 15.7. The molecule has 2 heterocycles. The van der Waals surface area contributed by atoms with Crippen LogP contribution in [0.15, 0.2) is 33.7 Å². The third-order valence-electron chi connectivity index (χ3n) is 3.18. The maximum atomic E-state index is 11.9. The summed E-state index contributed by atoms with van der Waals surface area (Å²) in [5.41, 5.74) is 1.34. The van der Waals surface area contributed by atoms with Gasteiger partial charge in [0.15, 0.2) is 5.82 Å². The van der Waals surface area contributed by atoms with Gasteiger partial charge in [0.05, 0.1) is 5.56 Å². The molecule has 0 aliphatic heterocycles. The number of tetrazole rings is 1. The van der Waals surface area contributed by atoms with Gasteiger partial charge in [0.1, 0.15) is 17.0 Å². The van der Waals surface area contributed by atoms with Crippen LogP contribution in [0.4, 0.5) is 0 Å². The molecule has 0 unspecified atom stereocenters. The predicted octanol–water partition coefficient (Wildman–Crippen LogP) is 1.34. The summed E-state index contributed by atoms with van der Waals surface area (Å²) in [6, 6.07) is 7.70. The van der Waals surface area contributed by atoms with E-state index in [1.54, 1.807) is 0 Å². The van der Waals surface area contributed by atoms with Crippen molar-refractivity contribution < 1.29 is 4.74 Å². The van der Waals surface area contributed by atoms with Crippen molar-refractivity contribution in [3.8, 4) is 11.6 Å². The molecule has 1 N–H and O–H groups in total. The van der Waals surface area contributed by atoms with E-state index in [4.69, 9.17) is 4.74 Å². The molecule has 0 aliphatic carbocycles. The van der Waals surface area contributed by atoms with Crippen LogP contribution in [0.5, 0.6) is 5.75 Å². The molecule has 1 aromatic carbocycles. The standard InChI is InChI=1S/C13H13BrN6O2/c1-8-5-3-4-6-10(8)22-7-9-11(14)15-16-12(9)20-13(21)19(2)17-18-20/h3-6H,7H2,1-2H3,(H,15,16). The van der Waals surface area contributed by atoms with Crippen molar-refractivity contribution in [3.05, 3.63) is 50.5 Å². The number of ether oxygens (including phenoxy) is 1. The van der Waals surface area contributed by atoms with Crippen LogP contribution in [-0.2, 0) is 13.7 Å². The highest BCUT2D eigenvalue weighted by atomic mass is 79.9. The number of benzene rings is 1. The van der Waals surface area contributed by atoms with Crippen LogP contribution in [0.3, 0.4) is 0 Å². The van der Waals surface area contributed by atoms with E-state index in [0.29, 0.717) is 16.0 Å². The van der Waals surface area contributed by atoms with Gasteiger partial charge in [-0.15, -0.1) is 4.68 Å². The topological polar surface area (TPSA) is 90.6 Å². The minimum atomic E-state index is -0.379. The van der Waals surface area contributed by atoms with E-state index in [-0.39, 0.29) is 12.3 Å². The second-order valence-corrected chi connectivity index (χ2v) is 5.48. The van der Waals surface area contributed by atoms with Crippen LogP contribution in [0.25, 0.3) is 5.82 Å². The summed E-state index contributed by atoms with van der Waals surface area (Å²) in [5.74, 6) is 1.13. The number of rotatable bonds is 4. The van der Waals surface area contributed by atoms with E-state index >= 15 is 0 Å². The first kappa shape index (κ1) is 14.5. The quantitative estimate of drug-likeness (QED) is 0.754. The molecule has 0 fully saturated rings. The van der Waals surface area contributed by atoms with E-state index < -0.39 is 0 Å². The summed E-state index contributed by atoms with van der Waals surface area (Å²) in [7, 11) is 1.52. The minimum absolute atomic E-state index is 0.236. The van der Waals surface area contributed by atoms with Crippen molar-refractivity contribution in [2.45, 2.75) is 13.5 Å². The van der Waals surface area contributed by atoms with Crippen molar-refractivity contribution in [1.29, 1.82) is 0 Å². The molecule has 0 amide bonds. The molecular formula is C13H13BrN6O2. The fraction of sp³-hybridized carbons (Fsp3) is 0.231. The fourth-order valence-electron chi connectivity index (χ4n) is 1.95. The predicted molar refractivity (Wildman–Crippen MR) is 82.0 cm³/mol. The molecular weight excluding hydrogens is 352 g/mol. The summed E-state index contributed by atoms with van der Waals surface area (Å²) in [6.45, 7) is 2.20. The van der Waals surface area contributed by atoms with Crippen LogP contribution in [-0.4, -0.2) is 30.0 Å². The van der Waals surface area contributed by atoms with Gasteiger partial charge in [-0.05, 0) is 44.9 Å². The normalized spacial score (nSPS) is 10.9. The fourth-order valence-corrected chi connectivity index (χ4v) is 2.33. The number of para-hydroxylation sites is 1. The Bertz CT molecular complexity index is 866. The molecule has 2 aromatic heterocycles. The summed E-state index contributed by atoms with van der Waals surface area (Å²) >= 11 is 3.37. The molecule has 0 saturated heterocycles. The Hall–Kier alpha value is -2.42. The Morgan fingerprint density at radius 1 is 1.32 bits per heavy atom. The summed E-state index contributed by atoms with van der Waals surface area (Å²) in [6.07, 6.45) is 0. The number of halogens is 1. The molecule has 22 heavy (non-hydrogen) atoms. The molecule has 0 spiro atoms. The van der Waals surface area contributed by atoms with Crippen molar-refractivity contribution in [2.24, 2.45) is 7.05 Å². The first-order valence-corrected chi connectivity index (χ1v) is 7.28. The van der Waals surface area contributed by atoms with Crippen molar-refractivity contribution >= 4 is 15.9 Å². The van der Waals surface area contributed by atoms with Crippen LogP contribution >= 0.6 is 15.9 Å². The molecule has 0 aliphatic rings. The largest absolute Gasteiger partial charge is 0.488 e. The molecule has 0 bridgehead atoms. The van der Waals surface area contributed by atoms with Gasteiger partial charge in [-0.2, -0.15) is 9.78 Å². The smallest absolute Gasteiger partial charge is 0.369 e. The number of hydrogen-bond acceptors (Lipinski definition) is 5. The third kappa shape index (κ3) is 2.54. The highest BCUT2D eigenvalue weighted by Crippen LogP contribution is 2.23. The lowest BCUT2D eigenvalue weighted by molar-refractivity contribution is 0.302. The van der Waals surface area contributed by atoms with Gasteiger partial charge in [0, 0.05) is 7.05 Å². The van der Waals surface area contributed by atoms with Gasteiger partial charge in [-0.1, -0.05) is 18.2 Å². The van der Waals surface area contributed by atoms with Crippen molar-refractivity contribution in [3.63, 3.8) is 0 Å². The Morgan fingerprint density at radius 2 is 2.09 bits per heavy atom. The van der Waals surface area contributed by atoms with E-state index in [9.17, 15) is 4.79 Å². The molecule has 8 nitrogen and oxygen atoms in total. The first-order valence-electron chi connectivity index (χ1n) is 6.48. The number of aromatic amines is 1. The minimum Gasteiger partial charge on any atom is -0.488 e. The van der Waals surface area contributed by atoms with Gasteiger partial charge in [-0.3, -0.25) is 5.10 Å². The number of aryl methyl sites for hydroxylation is 2. The van der Waals surface area contributed by atoms with Crippen LogP contribution in [0.2, 0.25) is 0 Å². The Balaban J connectivity index is 1.92. The number of H-pyrrole nitrogens is 1. The van der Waals surface area contributed by atoms with Gasteiger partial charge < -0.3 is 4.74 Å². The Labute approximate surface area is 133 Å². The molecule has 114 valence electrons. The lowest BCUT2D eigenvalue weighted by atomic mass is 10.2. The Morgan fingerprint density at radius 3 is 2.77 bits per heavy atom. The van der Waals surface area contributed by atoms with Crippen LogP contribution in [0, 0.1) is 6.92 Å². The summed E-state index contributed by atoms with van der Waals surface area (Å²) in [5, 5.41) is 14.3. The van der Waals surface area contributed by atoms with Gasteiger partial charge >= 0.3 is 5.69 Å². The maximum Gasteiger partial charge on any atom is 0.369 e. The second kappa shape index (κ2) is 5.76. The maximum absolute atomic E-state index is 11.9. The highest BCUT2D eigenvalue weighted by Gasteiger charge is 2.18. The number of hydrogen-bond donors (Lipinski definition) is 1. The first-order chi connectivity index (χ1) is 10.6. The van der Waals surface area contributed by atoms with E-state index in [0.717, 1.165) is 20.7 Å². The molecule has 9 heteroatoms. The van der Waals surface area contributed by atoms with E-state index in [1.807, 2.05) is 31.2 Å². The summed E-state index contributed by atoms with van der Waals surface area (Å²) in [4.78, 5) is 11.9. The van der Waals surface area contributed by atoms with Crippen molar-refractivity contribution in [1.82, 2.24) is 30.0 Å². The zero-order valence-electron chi connectivity index (χ0n) is 11.9. The van der Waals surface area contributed by atoms with E-state index in [1.165, 1.54) is 7.05 Å². The van der Waals surface area contributed by atoms with Crippen LogP contribution in [0.1, 0.15) is 11.1 Å². The molecule has 0 radical (unpaired) electrons. The third-order valence-corrected chi connectivity index (χ3v) is 3.84. The van der Waals surface area contributed by atoms with Crippen molar-refractivity contribution in [2.75, 3.05) is 0 Å². The average Bonchev–Trinajstić information content (AvgIpc) is 3.02. The molecule has 3 aromatic rings. The molecule has 0 atom stereocenters. The molecule has 0 saturated carbocycles. The van der Waals surface area contributed by atoms with E-state index in [2.05, 4.69) is 36.6 Å². The van der Waals surface area contributed by atoms with Gasteiger partial charge in [-0.25, -0.2) is 4.79 Å². The monoisotopic (exact) mass is 364 g/mol. The van der Waals surface area contributed by atoms with Gasteiger partial charge in [0.25, 0.3) is 0 Å².